The van der Waals surface area contributed by atoms with Crippen molar-refractivity contribution in [2.45, 2.75) is 0 Å². The third-order valence-corrected chi connectivity index (χ3v) is 5.11. The summed E-state index contributed by atoms with van der Waals surface area (Å²) in [7, 11) is 0. The lowest BCUT2D eigenvalue weighted by Gasteiger charge is -2.07. The van der Waals surface area contributed by atoms with Gasteiger partial charge in [0.15, 0.2) is 23.1 Å². The number of rotatable bonds is 4. The second-order valence-corrected chi connectivity index (χ2v) is 7.30. The first kappa shape index (κ1) is 18.9. The van der Waals surface area contributed by atoms with Crippen LogP contribution < -0.4 is 0 Å². The molecule has 6 rings (SSSR count). The van der Waals surface area contributed by atoms with E-state index in [2.05, 4.69) is 29.9 Å². The fourth-order valence-electron chi connectivity index (χ4n) is 3.48. The van der Waals surface area contributed by atoms with Crippen LogP contribution in [0.1, 0.15) is 0 Å². The van der Waals surface area contributed by atoms with Gasteiger partial charge in [-0.25, -0.2) is 19.9 Å². The highest BCUT2D eigenvalue weighted by Gasteiger charge is 2.14. The summed E-state index contributed by atoms with van der Waals surface area (Å²) in [5.41, 5.74) is 4.64. The maximum atomic E-state index is 5.88. The van der Waals surface area contributed by atoms with Crippen LogP contribution >= 0.6 is 0 Å². The molecule has 0 saturated carbocycles. The van der Waals surface area contributed by atoms with Gasteiger partial charge in [0.05, 0.1) is 0 Å². The van der Waals surface area contributed by atoms with Crippen molar-refractivity contribution in [3.63, 3.8) is 0 Å². The number of aromatic nitrogens is 6. The van der Waals surface area contributed by atoms with Gasteiger partial charge in [-0.2, -0.15) is 0 Å². The van der Waals surface area contributed by atoms with Crippen molar-refractivity contribution in [2.24, 2.45) is 0 Å². The van der Waals surface area contributed by atoms with E-state index in [0.717, 1.165) is 22.2 Å². The Labute approximate surface area is 188 Å². The molecule has 0 fully saturated rings. The Hall–Kier alpha value is -4.78. The summed E-state index contributed by atoms with van der Waals surface area (Å²) < 4.78 is 5.88. The molecule has 4 aromatic heterocycles. The molecule has 33 heavy (non-hydrogen) atoms. The summed E-state index contributed by atoms with van der Waals surface area (Å²) >= 11 is 0. The quantitative estimate of drug-likeness (QED) is 0.368. The fraction of sp³-hybridized carbons (Fsp3) is 0. The Bertz CT molecular complexity index is 1460. The van der Waals surface area contributed by atoms with Crippen molar-refractivity contribution < 1.29 is 4.42 Å². The molecule has 0 N–H and O–H groups in total. The normalized spacial score (nSPS) is 11.0. The fourth-order valence-corrected chi connectivity index (χ4v) is 3.48. The Morgan fingerprint density at radius 2 is 1.06 bits per heavy atom. The molecular formula is C26H16N6O. The van der Waals surface area contributed by atoms with Gasteiger partial charge in [-0.05, 0) is 48.5 Å². The molecule has 0 atom stereocenters. The molecule has 7 nitrogen and oxygen atoms in total. The molecule has 0 aliphatic heterocycles. The molecule has 0 bridgehead atoms. The Morgan fingerprint density at radius 3 is 1.67 bits per heavy atom. The van der Waals surface area contributed by atoms with Gasteiger partial charge in [-0.3, -0.25) is 9.97 Å². The number of pyridine rings is 2. The Kier molecular flexibility index (Phi) is 4.62. The van der Waals surface area contributed by atoms with Gasteiger partial charge in [0, 0.05) is 23.5 Å². The summed E-state index contributed by atoms with van der Waals surface area (Å²) in [5.74, 6) is 2.09. The third kappa shape index (κ3) is 3.72. The molecule has 0 amide bonds. The third-order valence-electron chi connectivity index (χ3n) is 5.11. The minimum absolute atomic E-state index is 0.490. The van der Waals surface area contributed by atoms with E-state index in [1.807, 2.05) is 84.9 Å². The summed E-state index contributed by atoms with van der Waals surface area (Å²) in [5, 5.41) is 0. The van der Waals surface area contributed by atoms with Crippen LogP contribution in [0.4, 0.5) is 0 Å². The molecular weight excluding hydrogens is 412 g/mol. The smallest absolute Gasteiger partial charge is 0.227 e. The van der Waals surface area contributed by atoms with Crippen LogP contribution in [0.3, 0.4) is 0 Å². The van der Waals surface area contributed by atoms with Gasteiger partial charge in [0.25, 0.3) is 0 Å². The highest BCUT2D eigenvalue weighted by molar-refractivity contribution is 5.76. The molecule has 0 unspecified atom stereocenters. The number of para-hydroxylation sites is 2. The van der Waals surface area contributed by atoms with Gasteiger partial charge >= 0.3 is 0 Å². The lowest BCUT2D eigenvalue weighted by Crippen LogP contribution is -2.01. The van der Waals surface area contributed by atoms with Crippen LogP contribution in [0.2, 0.25) is 0 Å². The largest absolute Gasteiger partial charge is 0.436 e. The van der Waals surface area contributed by atoms with Crippen molar-refractivity contribution in [2.75, 3.05) is 0 Å². The second kappa shape index (κ2) is 8.05. The second-order valence-electron chi connectivity index (χ2n) is 7.30. The van der Waals surface area contributed by atoms with Crippen LogP contribution in [0, 0.1) is 0 Å². The first-order valence-corrected chi connectivity index (χ1v) is 10.4. The summed E-state index contributed by atoms with van der Waals surface area (Å²) in [6.45, 7) is 0. The van der Waals surface area contributed by atoms with E-state index in [0.29, 0.717) is 34.8 Å². The van der Waals surface area contributed by atoms with E-state index in [-0.39, 0.29) is 0 Å². The minimum Gasteiger partial charge on any atom is -0.436 e. The van der Waals surface area contributed by atoms with Crippen LogP contribution in [0.15, 0.2) is 102 Å². The standard InChI is InChI=1S/C26H16N6O/c1-2-10-22-19(7-1)29-26(33-22)18-13-11-17(12-14-18)23-30-24(20-8-3-5-15-27-20)32-25(31-23)21-9-4-6-16-28-21/h1-16H. The first-order valence-electron chi connectivity index (χ1n) is 10.4. The number of oxazole rings is 1. The lowest BCUT2D eigenvalue weighted by atomic mass is 10.1. The van der Waals surface area contributed by atoms with Crippen LogP contribution in [-0.4, -0.2) is 29.9 Å². The maximum absolute atomic E-state index is 5.88. The van der Waals surface area contributed by atoms with Crippen LogP contribution in [-0.2, 0) is 0 Å². The summed E-state index contributed by atoms with van der Waals surface area (Å²) in [6.07, 6.45) is 3.43. The van der Waals surface area contributed by atoms with E-state index in [1.54, 1.807) is 12.4 Å². The highest BCUT2D eigenvalue weighted by Crippen LogP contribution is 2.27. The lowest BCUT2D eigenvalue weighted by molar-refractivity contribution is 0.620. The van der Waals surface area contributed by atoms with Crippen molar-refractivity contribution in [1.82, 2.24) is 29.9 Å². The zero-order valence-electron chi connectivity index (χ0n) is 17.3. The van der Waals surface area contributed by atoms with Gasteiger partial charge in [-0.15, -0.1) is 0 Å². The number of nitrogens with zero attached hydrogens (tertiary/aromatic N) is 6. The van der Waals surface area contributed by atoms with Crippen LogP contribution in [0.5, 0.6) is 0 Å². The predicted octanol–water partition coefficient (Wildman–Crippen LogP) is 5.47. The molecule has 156 valence electrons. The SMILES string of the molecule is c1ccc(-c2nc(-c3ccc(-c4nc5ccccc5o4)cc3)nc(-c3ccccn3)n2)nc1. The van der Waals surface area contributed by atoms with Crippen molar-refractivity contribution in [1.29, 1.82) is 0 Å². The minimum atomic E-state index is 0.490. The van der Waals surface area contributed by atoms with Crippen molar-refractivity contribution in [3.8, 4) is 45.9 Å². The highest BCUT2D eigenvalue weighted by atomic mass is 16.3. The van der Waals surface area contributed by atoms with Crippen LogP contribution in [0.25, 0.3) is 57.0 Å². The van der Waals surface area contributed by atoms with E-state index in [9.17, 15) is 0 Å². The first-order chi connectivity index (χ1) is 16.3. The molecule has 2 aromatic carbocycles. The van der Waals surface area contributed by atoms with E-state index in [1.165, 1.54) is 0 Å². The average Bonchev–Trinajstić information content (AvgIpc) is 3.34. The Balaban J connectivity index is 1.43. The van der Waals surface area contributed by atoms with Gasteiger partial charge in [0.1, 0.15) is 16.9 Å². The van der Waals surface area contributed by atoms with E-state index in [4.69, 9.17) is 4.42 Å². The zero-order chi connectivity index (χ0) is 22.0. The number of benzene rings is 2. The van der Waals surface area contributed by atoms with E-state index >= 15 is 0 Å². The zero-order valence-corrected chi connectivity index (χ0v) is 17.3. The van der Waals surface area contributed by atoms with Crippen molar-refractivity contribution in [3.05, 3.63) is 97.3 Å². The molecule has 0 aliphatic rings. The number of hydrogen-bond donors (Lipinski definition) is 0. The monoisotopic (exact) mass is 428 g/mol. The van der Waals surface area contributed by atoms with Gasteiger partial charge < -0.3 is 4.42 Å². The van der Waals surface area contributed by atoms with Gasteiger partial charge in [-0.1, -0.05) is 36.4 Å². The number of fused-ring (bicyclic) bond motifs is 1. The van der Waals surface area contributed by atoms with Crippen molar-refractivity contribution >= 4 is 11.1 Å². The Morgan fingerprint density at radius 1 is 0.485 bits per heavy atom. The average molecular weight is 428 g/mol. The van der Waals surface area contributed by atoms with E-state index < -0.39 is 0 Å². The predicted molar refractivity (Wildman–Crippen MR) is 125 cm³/mol. The maximum Gasteiger partial charge on any atom is 0.227 e. The summed E-state index contributed by atoms with van der Waals surface area (Å²) in [4.78, 5) is 27.4. The topological polar surface area (TPSA) is 90.5 Å². The summed E-state index contributed by atoms with van der Waals surface area (Å²) in [6, 6.07) is 26.8. The molecule has 0 radical (unpaired) electrons. The molecule has 6 aromatic rings. The molecule has 0 spiro atoms. The molecule has 7 heteroatoms. The van der Waals surface area contributed by atoms with Gasteiger partial charge in [0.2, 0.25) is 5.89 Å². The molecule has 0 saturated heterocycles. The molecule has 0 aliphatic carbocycles. The molecule has 4 heterocycles. The number of hydrogen-bond acceptors (Lipinski definition) is 7.